The molecule has 2 atom stereocenters. The van der Waals surface area contributed by atoms with Crippen LogP contribution < -0.4 is 5.32 Å². The van der Waals surface area contributed by atoms with E-state index >= 15 is 0 Å². The van der Waals surface area contributed by atoms with Crippen LogP contribution in [-0.4, -0.2) is 56.0 Å². The number of nitrogens with zero attached hydrogens (tertiary/aromatic N) is 1. The molecule has 0 aromatic rings. The molecular weight excluding hydrogens is 269 g/mol. The van der Waals surface area contributed by atoms with Crippen molar-refractivity contribution in [1.82, 2.24) is 10.2 Å². The molecule has 1 aliphatic carbocycles. The average molecular weight is 294 g/mol. The maximum Gasteiger partial charge on any atom is 0.411 e. The fourth-order valence-corrected chi connectivity index (χ4v) is 3.17. The van der Waals surface area contributed by atoms with Crippen LogP contribution in [-0.2, 0) is 4.74 Å². The van der Waals surface area contributed by atoms with E-state index in [1.165, 1.54) is 0 Å². The monoisotopic (exact) mass is 294 g/mol. The molecule has 1 saturated heterocycles. The van der Waals surface area contributed by atoms with Crippen molar-refractivity contribution in [2.24, 2.45) is 0 Å². The molecule has 0 aromatic heterocycles. The minimum atomic E-state index is -4.21. The van der Waals surface area contributed by atoms with Crippen LogP contribution in [0.25, 0.3) is 0 Å². The highest BCUT2D eigenvalue weighted by Gasteiger charge is 2.31. The molecule has 1 saturated carbocycles. The lowest BCUT2D eigenvalue weighted by molar-refractivity contribution is -0.188. The van der Waals surface area contributed by atoms with Crippen LogP contribution in [0.4, 0.5) is 13.2 Å². The standard InChI is InChI=1S/C14H25F3N2O/c1-19-7-5-11(6-8-19)18-12-3-2-4-13(9-12)20-10-14(15,16)17/h11-13,18H,2-10H2,1H3. The number of piperidine rings is 1. The van der Waals surface area contributed by atoms with Crippen LogP contribution >= 0.6 is 0 Å². The number of likely N-dealkylation sites (tertiary alicyclic amines) is 1. The van der Waals surface area contributed by atoms with Crippen LogP contribution in [0.2, 0.25) is 0 Å². The van der Waals surface area contributed by atoms with E-state index in [1.807, 2.05) is 0 Å². The number of halogens is 3. The van der Waals surface area contributed by atoms with Gasteiger partial charge in [-0.25, -0.2) is 0 Å². The third kappa shape index (κ3) is 5.58. The van der Waals surface area contributed by atoms with Crippen LogP contribution in [0.3, 0.4) is 0 Å². The molecule has 3 nitrogen and oxygen atoms in total. The normalized spacial score (nSPS) is 30.6. The average Bonchev–Trinajstić information content (AvgIpc) is 2.39. The van der Waals surface area contributed by atoms with Crippen molar-refractivity contribution in [3.8, 4) is 0 Å². The van der Waals surface area contributed by atoms with E-state index in [2.05, 4.69) is 17.3 Å². The molecular formula is C14H25F3N2O. The van der Waals surface area contributed by atoms with E-state index in [-0.39, 0.29) is 6.10 Å². The predicted octanol–water partition coefficient (Wildman–Crippen LogP) is 2.56. The molecule has 20 heavy (non-hydrogen) atoms. The molecule has 0 amide bonds. The van der Waals surface area contributed by atoms with E-state index in [1.54, 1.807) is 0 Å². The van der Waals surface area contributed by atoms with E-state index in [0.29, 0.717) is 18.5 Å². The summed E-state index contributed by atoms with van der Waals surface area (Å²) in [6, 6.07) is 0.827. The van der Waals surface area contributed by atoms with Crippen molar-refractivity contribution >= 4 is 0 Å². The van der Waals surface area contributed by atoms with Crippen molar-refractivity contribution in [3.63, 3.8) is 0 Å². The van der Waals surface area contributed by atoms with Crippen molar-refractivity contribution < 1.29 is 17.9 Å². The molecule has 0 spiro atoms. The second-order valence-electron chi connectivity index (χ2n) is 6.16. The first kappa shape index (κ1) is 16.0. The van der Waals surface area contributed by atoms with Crippen LogP contribution in [0, 0.1) is 0 Å². The Labute approximate surface area is 118 Å². The molecule has 6 heteroatoms. The number of hydrogen-bond donors (Lipinski definition) is 1. The molecule has 0 bridgehead atoms. The van der Waals surface area contributed by atoms with Gasteiger partial charge < -0.3 is 15.0 Å². The first-order chi connectivity index (χ1) is 9.42. The third-order valence-electron chi connectivity index (χ3n) is 4.30. The minimum Gasteiger partial charge on any atom is -0.369 e. The van der Waals surface area contributed by atoms with Gasteiger partial charge >= 0.3 is 6.18 Å². The van der Waals surface area contributed by atoms with Crippen LogP contribution in [0.1, 0.15) is 38.5 Å². The van der Waals surface area contributed by atoms with Gasteiger partial charge in [-0.15, -0.1) is 0 Å². The molecule has 2 rings (SSSR count). The van der Waals surface area contributed by atoms with Gasteiger partial charge in [0.15, 0.2) is 0 Å². The summed E-state index contributed by atoms with van der Waals surface area (Å²) in [6.45, 7) is 1.08. The van der Waals surface area contributed by atoms with Crippen LogP contribution in [0.5, 0.6) is 0 Å². The largest absolute Gasteiger partial charge is 0.411 e. The number of rotatable bonds is 4. The lowest BCUT2D eigenvalue weighted by atomic mass is 9.91. The Bertz CT molecular complexity index is 291. The Hall–Kier alpha value is -0.330. The number of ether oxygens (including phenoxy) is 1. The Kier molecular flexibility index (Phi) is 5.69. The zero-order valence-corrected chi connectivity index (χ0v) is 12.1. The van der Waals surface area contributed by atoms with E-state index in [9.17, 15) is 13.2 Å². The summed E-state index contributed by atoms with van der Waals surface area (Å²) in [6.07, 6.45) is 1.26. The van der Waals surface area contributed by atoms with E-state index in [0.717, 1.165) is 45.2 Å². The summed E-state index contributed by atoms with van der Waals surface area (Å²) in [7, 11) is 2.12. The molecule has 2 aliphatic rings. The Balaban J connectivity index is 1.70. The first-order valence-corrected chi connectivity index (χ1v) is 7.55. The van der Waals surface area contributed by atoms with Crippen LogP contribution in [0.15, 0.2) is 0 Å². The summed E-state index contributed by atoms with van der Waals surface area (Å²) in [5.41, 5.74) is 0. The maximum atomic E-state index is 12.2. The highest BCUT2D eigenvalue weighted by Crippen LogP contribution is 2.25. The quantitative estimate of drug-likeness (QED) is 0.862. The molecule has 1 aliphatic heterocycles. The van der Waals surface area contributed by atoms with Crippen molar-refractivity contribution in [3.05, 3.63) is 0 Å². The van der Waals surface area contributed by atoms with E-state index in [4.69, 9.17) is 4.74 Å². The highest BCUT2D eigenvalue weighted by atomic mass is 19.4. The molecule has 2 unspecified atom stereocenters. The summed E-state index contributed by atoms with van der Waals surface area (Å²) in [4.78, 5) is 2.31. The Morgan fingerprint density at radius 3 is 2.45 bits per heavy atom. The fourth-order valence-electron chi connectivity index (χ4n) is 3.17. The molecule has 0 aromatic carbocycles. The summed E-state index contributed by atoms with van der Waals surface area (Å²) >= 11 is 0. The Morgan fingerprint density at radius 1 is 1.10 bits per heavy atom. The highest BCUT2D eigenvalue weighted by molar-refractivity contribution is 4.84. The van der Waals surface area contributed by atoms with Gasteiger partial charge in [-0.05, 0) is 58.7 Å². The van der Waals surface area contributed by atoms with Gasteiger partial charge in [-0.1, -0.05) is 0 Å². The molecule has 1 N–H and O–H groups in total. The predicted molar refractivity (Wildman–Crippen MR) is 71.7 cm³/mol. The summed E-state index contributed by atoms with van der Waals surface area (Å²) in [5.74, 6) is 0. The molecule has 2 fully saturated rings. The van der Waals surface area contributed by atoms with Crippen molar-refractivity contribution in [2.45, 2.75) is 62.9 Å². The number of hydrogen-bond acceptors (Lipinski definition) is 3. The second-order valence-corrected chi connectivity index (χ2v) is 6.16. The van der Waals surface area contributed by atoms with Gasteiger partial charge in [0, 0.05) is 12.1 Å². The molecule has 118 valence electrons. The van der Waals surface area contributed by atoms with Crippen molar-refractivity contribution in [1.29, 1.82) is 0 Å². The molecule has 1 heterocycles. The fraction of sp³-hybridized carbons (Fsp3) is 1.00. The Morgan fingerprint density at radius 2 is 1.80 bits per heavy atom. The zero-order valence-electron chi connectivity index (χ0n) is 12.1. The lowest BCUT2D eigenvalue weighted by Gasteiger charge is -2.36. The number of nitrogens with one attached hydrogen (secondary N) is 1. The maximum absolute atomic E-state index is 12.2. The van der Waals surface area contributed by atoms with Gasteiger partial charge in [0.1, 0.15) is 6.61 Å². The smallest absolute Gasteiger partial charge is 0.369 e. The lowest BCUT2D eigenvalue weighted by Crippen LogP contribution is -2.47. The number of alkyl halides is 3. The van der Waals surface area contributed by atoms with Gasteiger partial charge in [-0.3, -0.25) is 0 Å². The van der Waals surface area contributed by atoms with Crippen molar-refractivity contribution in [2.75, 3.05) is 26.7 Å². The first-order valence-electron chi connectivity index (χ1n) is 7.55. The van der Waals surface area contributed by atoms with E-state index < -0.39 is 12.8 Å². The van der Waals surface area contributed by atoms with Gasteiger partial charge in [-0.2, -0.15) is 13.2 Å². The SMILES string of the molecule is CN1CCC(NC2CCCC(OCC(F)(F)F)C2)CC1. The van der Waals surface area contributed by atoms with Gasteiger partial charge in [0.25, 0.3) is 0 Å². The summed E-state index contributed by atoms with van der Waals surface area (Å²) in [5, 5.41) is 3.62. The van der Waals surface area contributed by atoms with Gasteiger partial charge in [0.2, 0.25) is 0 Å². The third-order valence-corrected chi connectivity index (χ3v) is 4.30. The topological polar surface area (TPSA) is 24.5 Å². The van der Waals surface area contributed by atoms with Gasteiger partial charge in [0.05, 0.1) is 6.10 Å². The molecule has 0 radical (unpaired) electrons. The second kappa shape index (κ2) is 7.09. The zero-order chi connectivity index (χ0) is 14.6. The minimum absolute atomic E-state index is 0.242. The summed E-state index contributed by atoms with van der Waals surface area (Å²) < 4.78 is 41.5.